The van der Waals surface area contributed by atoms with Crippen LogP contribution in [-0.4, -0.2) is 24.5 Å². The summed E-state index contributed by atoms with van der Waals surface area (Å²) in [6, 6.07) is 12.0. The average molecular weight is 273 g/mol. The van der Waals surface area contributed by atoms with Gasteiger partial charge in [0.25, 0.3) is 0 Å². The van der Waals surface area contributed by atoms with Gasteiger partial charge in [0.1, 0.15) is 5.54 Å². The van der Waals surface area contributed by atoms with E-state index in [0.717, 1.165) is 12.2 Å². The van der Waals surface area contributed by atoms with E-state index in [9.17, 15) is 10.1 Å². The van der Waals surface area contributed by atoms with Crippen LogP contribution in [0, 0.1) is 17.2 Å². The van der Waals surface area contributed by atoms with E-state index in [2.05, 4.69) is 11.4 Å². The molecule has 4 heteroatoms. The number of likely N-dealkylation sites (N-methyl/N-ethyl adjacent to an activating group) is 1. The van der Waals surface area contributed by atoms with E-state index < -0.39 is 5.54 Å². The van der Waals surface area contributed by atoms with Gasteiger partial charge in [-0.05, 0) is 31.9 Å². The van der Waals surface area contributed by atoms with Crippen LogP contribution in [0.2, 0.25) is 0 Å². The minimum atomic E-state index is -0.826. The number of anilines is 1. The SMILES string of the molecule is CCN(CC(=O)NC(C)(C#N)C(C)C)c1ccccc1. The van der Waals surface area contributed by atoms with E-state index in [-0.39, 0.29) is 18.4 Å². The van der Waals surface area contributed by atoms with E-state index in [1.807, 2.05) is 56.0 Å². The van der Waals surface area contributed by atoms with Crippen molar-refractivity contribution in [3.05, 3.63) is 30.3 Å². The van der Waals surface area contributed by atoms with E-state index in [4.69, 9.17) is 0 Å². The average Bonchev–Trinajstić information content (AvgIpc) is 2.45. The van der Waals surface area contributed by atoms with E-state index >= 15 is 0 Å². The number of nitrogens with zero attached hydrogens (tertiary/aromatic N) is 2. The third-order valence-corrected chi connectivity index (χ3v) is 3.62. The van der Waals surface area contributed by atoms with Gasteiger partial charge in [-0.25, -0.2) is 0 Å². The first kappa shape index (κ1) is 16.0. The van der Waals surface area contributed by atoms with Gasteiger partial charge in [-0.1, -0.05) is 32.0 Å². The lowest BCUT2D eigenvalue weighted by molar-refractivity contribution is -0.121. The van der Waals surface area contributed by atoms with Crippen molar-refractivity contribution in [2.45, 2.75) is 33.2 Å². The number of carbonyl (C=O) groups is 1. The Morgan fingerprint density at radius 1 is 1.40 bits per heavy atom. The highest BCUT2D eigenvalue weighted by Gasteiger charge is 2.30. The third kappa shape index (κ3) is 3.99. The normalized spacial score (nSPS) is 13.4. The molecule has 0 radical (unpaired) electrons. The van der Waals surface area contributed by atoms with Gasteiger partial charge in [0.05, 0.1) is 12.6 Å². The Bertz CT molecular complexity index is 478. The first-order valence-corrected chi connectivity index (χ1v) is 6.95. The molecular formula is C16H23N3O. The molecule has 0 aliphatic carbocycles. The molecule has 1 atom stereocenters. The maximum absolute atomic E-state index is 12.2. The highest BCUT2D eigenvalue weighted by molar-refractivity contribution is 5.82. The van der Waals surface area contributed by atoms with Crippen molar-refractivity contribution >= 4 is 11.6 Å². The van der Waals surface area contributed by atoms with Gasteiger partial charge in [-0.2, -0.15) is 5.26 Å². The topological polar surface area (TPSA) is 56.1 Å². The zero-order valence-corrected chi connectivity index (χ0v) is 12.7. The minimum Gasteiger partial charge on any atom is -0.363 e. The standard InChI is InChI=1S/C16H23N3O/c1-5-19(14-9-7-6-8-10-14)11-15(20)18-16(4,12-17)13(2)3/h6-10,13H,5,11H2,1-4H3,(H,18,20). The Morgan fingerprint density at radius 3 is 2.45 bits per heavy atom. The van der Waals surface area contributed by atoms with Crippen molar-refractivity contribution in [3.8, 4) is 6.07 Å². The zero-order valence-electron chi connectivity index (χ0n) is 12.7. The van der Waals surface area contributed by atoms with Crippen molar-refractivity contribution in [2.24, 2.45) is 5.92 Å². The Labute approximate surface area is 121 Å². The first-order chi connectivity index (χ1) is 9.42. The van der Waals surface area contributed by atoms with Crippen LogP contribution >= 0.6 is 0 Å². The number of nitriles is 1. The molecule has 0 saturated carbocycles. The van der Waals surface area contributed by atoms with Crippen molar-refractivity contribution in [1.82, 2.24) is 5.32 Å². The molecule has 0 spiro atoms. The number of rotatable bonds is 6. The van der Waals surface area contributed by atoms with Gasteiger partial charge in [-0.15, -0.1) is 0 Å². The van der Waals surface area contributed by atoms with Gasteiger partial charge in [0.15, 0.2) is 0 Å². The molecule has 0 fully saturated rings. The van der Waals surface area contributed by atoms with Crippen LogP contribution in [0.1, 0.15) is 27.7 Å². The van der Waals surface area contributed by atoms with Crippen molar-refractivity contribution < 1.29 is 4.79 Å². The maximum atomic E-state index is 12.2. The molecule has 0 bridgehead atoms. The molecule has 0 aliphatic rings. The molecule has 1 aromatic rings. The molecule has 0 aromatic heterocycles. The lowest BCUT2D eigenvalue weighted by Gasteiger charge is -2.29. The van der Waals surface area contributed by atoms with Crippen molar-refractivity contribution in [1.29, 1.82) is 5.26 Å². The number of carbonyl (C=O) groups excluding carboxylic acids is 1. The highest BCUT2D eigenvalue weighted by atomic mass is 16.2. The third-order valence-electron chi connectivity index (χ3n) is 3.62. The number of para-hydroxylation sites is 1. The first-order valence-electron chi connectivity index (χ1n) is 6.95. The molecule has 0 aliphatic heterocycles. The molecule has 20 heavy (non-hydrogen) atoms. The number of nitrogens with one attached hydrogen (secondary N) is 1. The van der Waals surface area contributed by atoms with E-state index in [0.29, 0.717) is 0 Å². The van der Waals surface area contributed by atoms with Crippen LogP contribution < -0.4 is 10.2 Å². The predicted molar refractivity (Wildman–Crippen MR) is 81.3 cm³/mol. The Balaban J connectivity index is 2.72. The largest absolute Gasteiger partial charge is 0.363 e. The van der Waals surface area contributed by atoms with Crippen LogP contribution in [0.15, 0.2) is 30.3 Å². The second-order valence-electron chi connectivity index (χ2n) is 5.37. The Hall–Kier alpha value is -2.02. The summed E-state index contributed by atoms with van der Waals surface area (Å²) in [6.45, 7) is 8.62. The van der Waals surface area contributed by atoms with E-state index in [1.165, 1.54) is 0 Å². The van der Waals surface area contributed by atoms with Crippen molar-refractivity contribution in [2.75, 3.05) is 18.0 Å². The monoisotopic (exact) mass is 273 g/mol. The number of amides is 1. The van der Waals surface area contributed by atoms with Gasteiger partial charge >= 0.3 is 0 Å². The molecule has 1 unspecified atom stereocenters. The van der Waals surface area contributed by atoms with Crippen LogP contribution in [0.5, 0.6) is 0 Å². The lowest BCUT2D eigenvalue weighted by Crippen LogP contribution is -2.51. The van der Waals surface area contributed by atoms with Gasteiger partial charge in [0.2, 0.25) is 5.91 Å². The van der Waals surface area contributed by atoms with Gasteiger partial charge in [-0.3, -0.25) is 4.79 Å². The minimum absolute atomic E-state index is 0.0586. The van der Waals surface area contributed by atoms with Crippen LogP contribution in [0.4, 0.5) is 5.69 Å². The number of hydrogen-bond acceptors (Lipinski definition) is 3. The quantitative estimate of drug-likeness (QED) is 0.866. The summed E-state index contributed by atoms with van der Waals surface area (Å²) in [5, 5.41) is 12.1. The number of benzene rings is 1. The molecule has 1 N–H and O–H groups in total. The molecule has 108 valence electrons. The van der Waals surface area contributed by atoms with E-state index in [1.54, 1.807) is 6.92 Å². The van der Waals surface area contributed by atoms with Crippen LogP contribution in [0.3, 0.4) is 0 Å². The summed E-state index contributed by atoms with van der Waals surface area (Å²) in [7, 11) is 0. The highest BCUT2D eigenvalue weighted by Crippen LogP contribution is 2.16. The molecule has 0 heterocycles. The lowest BCUT2D eigenvalue weighted by atomic mass is 9.90. The summed E-state index contributed by atoms with van der Waals surface area (Å²) in [5.74, 6) is -0.0725. The van der Waals surface area contributed by atoms with Gasteiger partial charge < -0.3 is 10.2 Å². The molecule has 0 saturated heterocycles. The fourth-order valence-electron chi connectivity index (χ4n) is 1.83. The Morgan fingerprint density at radius 2 is 2.00 bits per heavy atom. The second kappa shape index (κ2) is 6.95. The summed E-state index contributed by atoms with van der Waals surface area (Å²) in [5.41, 5.74) is 0.182. The number of hydrogen-bond donors (Lipinski definition) is 1. The summed E-state index contributed by atoms with van der Waals surface area (Å²) < 4.78 is 0. The smallest absolute Gasteiger partial charge is 0.240 e. The van der Waals surface area contributed by atoms with Gasteiger partial charge in [0, 0.05) is 12.2 Å². The maximum Gasteiger partial charge on any atom is 0.240 e. The molecule has 1 aromatic carbocycles. The summed E-state index contributed by atoms with van der Waals surface area (Å²) in [4.78, 5) is 14.1. The summed E-state index contributed by atoms with van der Waals surface area (Å²) in [6.07, 6.45) is 0. The zero-order chi connectivity index (χ0) is 15.2. The predicted octanol–water partition coefficient (Wildman–Crippen LogP) is 2.57. The van der Waals surface area contributed by atoms with Crippen LogP contribution in [-0.2, 0) is 4.79 Å². The molecule has 1 amide bonds. The second-order valence-corrected chi connectivity index (χ2v) is 5.37. The fraction of sp³-hybridized carbons (Fsp3) is 0.500. The Kier molecular flexibility index (Phi) is 5.57. The molecule has 1 rings (SSSR count). The van der Waals surface area contributed by atoms with Crippen molar-refractivity contribution in [3.63, 3.8) is 0 Å². The molecular weight excluding hydrogens is 250 g/mol. The van der Waals surface area contributed by atoms with Crippen LogP contribution in [0.25, 0.3) is 0 Å². The summed E-state index contributed by atoms with van der Waals surface area (Å²) >= 11 is 0. The molecule has 4 nitrogen and oxygen atoms in total. The fourth-order valence-corrected chi connectivity index (χ4v) is 1.83.